The molecule has 0 fully saturated rings. The summed E-state index contributed by atoms with van der Waals surface area (Å²) in [4.78, 5) is 4.30. The van der Waals surface area contributed by atoms with E-state index in [1.54, 1.807) is 12.3 Å². The van der Waals surface area contributed by atoms with Crippen molar-refractivity contribution in [2.24, 2.45) is 4.99 Å². The number of phenols is 1. The fourth-order valence-corrected chi connectivity index (χ4v) is 1.49. The van der Waals surface area contributed by atoms with Crippen molar-refractivity contribution in [1.29, 1.82) is 0 Å². The van der Waals surface area contributed by atoms with Gasteiger partial charge in [-0.05, 0) is 24.1 Å². The smallest absolute Gasteiger partial charge is 0.141 e. The minimum atomic E-state index is 0.215. The molecule has 0 spiro atoms. The maximum absolute atomic E-state index is 9.66. The van der Waals surface area contributed by atoms with Gasteiger partial charge >= 0.3 is 0 Å². The highest BCUT2D eigenvalue weighted by Crippen LogP contribution is 2.29. The third kappa shape index (κ3) is 2.28. The second-order valence-electron chi connectivity index (χ2n) is 3.61. The zero-order valence-electron chi connectivity index (χ0n) is 9.09. The molecule has 2 aromatic carbocycles. The molecule has 16 heavy (non-hydrogen) atoms. The monoisotopic (exact) mass is 211 g/mol. The van der Waals surface area contributed by atoms with Gasteiger partial charge in [0.05, 0.1) is 0 Å². The maximum atomic E-state index is 9.66. The molecule has 2 rings (SSSR count). The molecule has 0 aliphatic heterocycles. The second-order valence-corrected chi connectivity index (χ2v) is 3.61. The number of nitrogens with zero attached hydrogens (tertiary/aromatic N) is 1. The second kappa shape index (κ2) is 4.62. The molecule has 2 heteroatoms. The van der Waals surface area contributed by atoms with Crippen LogP contribution in [0.25, 0.3) is 0 Å². The van der Waals surface area contributed by atoms with Gasteiger partial charge in [0.2, 0.25) is 0 Å². The molecule has 0 radical (unpaired) electrons. The van der Waals surface area contributed by atoms with E-state index in [-0.39, 0.29) is 5.75 Å². The molecule has 2 aromatic rings. The maximum Gasteiger partial charge on any atom is 0.141 e. The molecular formula is C14H13NO. The highest BCUT2D eigenvalue weighted by Gasteiger charge is 2.00. The van der Waals surface area contributed by atoms with Gasteiger partial charge in [-0.3, -0.25) is 4.99 Å². The van der Waals surface area contributed by atoms with Crippen LogP contribution >= 0.6 is 0 Å². The van der Waals surface area contributed by atoms with Crippen molar-refractivity contribution in [3.8, 4) is 5.75 Å². The Hall–Kier alpha value is -2.09. The Bertz CT molecular complexity index is 483. The van der Waals surface area contributed by atoms with E-state index >= 15 is 0 Å². The number of aryl methyl sites for hydroxylation is 1. The number of hydrogen-bond acceptors (Lipinski definition) is 2. The first kappa shape index (κ1) is 10.4. The number of aliphatic imine (C=N–C) groups is 1. The SMILES string of the molecule is Cc1cccc(O)c1N=Cc1ccccc1. The van der Waals surface area contributed by atoms with Crippen LogP contribution in [0.15, 0.2) is 53.5 Å². The van der Waals surface area contributed by atoms with E-state index in [0.717, 1.165) is 11.1 Å². The minimum Gasteiger partial charge on any atom is -0.506 e. The third-order valence-corrected chi connectivity index (χ3v) is 2.36. The summed E-state index contributed by atoms with van der Waals surface area (Å²) in [6.45, 7) is 1.93. The van der Waals surface area contributed by atoms with Crippen molar-refractivity contribution in [3.05, 3.63) is 59.7 Å². The van der Waals surface area contributed by atoms with Crippen LogP contribution in [0.4, 0.5) is 5.69 Å². The molecule has 0 aliphatic rings. The molecule has 0 unspecified atom stereocenters. The van der Waals surface area contributed by atoms with Crippen LogP contribution < -0.4 is 0 Å². The summed E-state index contributed by atoms with van der Waals surface area (Å²) in [5.41, 5.74) is 2.61. The molecule has 2 nitrogen and oxygen atoms in total. The first-order valence-electron chi connectivity index (χ1n) is 5.15. The topological polar surface area (TPSA) is 32.6 Å². The fourth-order valence-electron chi connectivity index (χ4n) is 1.49. The normalized spacial score (nSPS) is 10.8. The van der Waals surface area contributed by atoms with E-state index < -0.39 is 0 Å². The molecule has 0 atom stereocenters. The van der Waals surface area contributed by atoms with Crippen LogP contribution in [0.2, 0.25) is 0 Å². The molecule has 1 N–H and O–H groups in total. The lowest BCUT2D eigenvalue weighted by Gasteiger charge is -2.01. The van der Waals surface area contributed by atoms with Gasteiger partial charge in [-0.25, -0.2) is 0 Å². The van der Waals surface area contributed by atoms with Gasteiger partial charge in [-0.2, -0.15) is 0 Å². The molecule has 0 aliphatic carbocycles. The van der Waals surface area contributed by atoms with Crippen molar-refractivity contribution in [2.75, 3.05) is 0 Å². The van der Waals surface area contributed by atoms with E-state index in [4.69, 9.17) is 0 Å². The molecular weight excluding hydrogens is 198 g/mol. The highest BCUT2D eigenvalue weighted by molar-refractivity contribution is 5.83. The highest BCUT2D eigenvalue weighted by atomic mass is 16.3. The van der Waals surface area contributed by atoms with E-state index in [1.807, 2.05) is 49.4 Å². The Morgan fingerprint density at radius 3 is 2.44 bits per heavy atom. The first-order valence-corrected chi connectivity index (χ1v) is 5.15. The minimum absolute atomic E-state index is 0.215. The number of benzene rings is 2. The van der Waals surface area contributed by atoms with Gasteiger partial charge in [-0.15, -0.1) is 0 Å². The van der Waals surface area contributed by atoms with Crippen LogP contribution in [0, 0.1) is 6.92 Å². The summed E-state index contributed by atoms with van der Waals surface area (Å²) in [5, 5.41) is 9.66. The van der Waals surface area contributed by atoms with Gasteiger partial charge in [0.25, 0.3) is 0 Å². The summed E-state index contributed by atoms with van der Waals surface area (Å²) >= 11 is 0. The summed E-state index contributed by atoms with van der Waals surface area (Å²) < 4.78 is 0. The largest absolute Gasteiger partial charge is 0.506 e. The standard InChI is InChI=1S/C14H13NO/c1-11-6-5-9-13(16)14(11)15-10-12-7-3-2-4-8-12/h2-10,16H,1H3. The van der Waals surface area contributed by atoms with E-state index in [9.17, 15) is 5.11 Å². The summed E-state index contributed by atoms with van der Waals surface area (Å²) in [6, 6.07) is 15.2. The van der Waals surface area contributed by atoms with Crippen LogP contribution in [0.3, 0.4) is 0 Å². The number of para-hydroxylation sites is 1. The Labute approximate surface area is 94.9 Å². The van der Waals surface area contributed by atoms with Gasteiger partial charge in [0.15, 0.2) is 0 Å². The van der Waals surface area contributed by atoms with Crippen LogP contribution in [-0.4, -0.2) is 11.3 Å². The molecule has 80 valence electrons. The Morgan fingerprint density at radius 1 is 1.00 bits per heavy atom. The van der Waals surface area contributed by atoms with E-state index in [1.165, 1.54) is 0 Å². The molecule has 0 aromatic heterocycles. The van der Waals surface area contributed by atoms with Crippen molar-refractivity contribution in [2.45, 2.75) is 6.92 Å². The molecule has 0 saturated heterocycles. The number of phenolic OH excluding ortho intramolecular Hbond substituents is 1. The van der Waals surface area contributed by atoms with Gasteiger partial charge in [0, 0.05) is 6.21 Å². The van der Waals surface area contributed by atoms with Crippen molar-refractivity contribution in [3.63, 3.8) is 0 Å². The van der Waals surface area contributed by atoms with E-state index in [0.29, 0.717) is 5.69 Å². The number of rotatable bonds is 2. The predicted molar refractivity (Wildman–Crippen MR) is 66.5 cm³/mol. The van der Waals surface area contributed by atoms with Crippen LogP contribution in [-0.2, 0) is 0 Å². The van der Waals surface area contributed by atoms with Crippen LogP contribution in [0.5, 0.6) is 5.75 Å². The Morgan fingerprint density at radius 2 is 1.75 bits per heavy atom. The predicted octanol–water partition coefficient (Wildman–Crippen LogP) is 3.45. The third-order valence-electron chi connectivity index (χ3n) is 2.36. The fraction of sp³-hybridized carbons (Fsp3) is 0.0714. The number of aromatic hydroxyl groups is 1. The zero-order valence-corrected chi connectivity index (χ0v) is 9.09. The van der Waals surface area contributed by atoms with E-state index in [2.05, 4.69) is 4.99 Å². The number of hydrogen-bond donors (Lipinski definition) is 1. The molecule has 0 bridgehead atoms. The van der Waals surface area contributed by atoms with Crippen LogP contribution in [0.1, 0.15) is 11.1 Å². The van der Waals surface area contributed by atoms with Crippen molar-refractivity contribution < 1.29 is 5.11 Å². The Balaban J connectivity index is 2.31. The van der Waals surface area contributed by atoms with Gasteiger partial charge < -0.3 is 5.11 Å². The summed E-state index contributed by atoms with van der Waals surface area (Å²) in [5.74, 6) is 0.215. The quantitative estimate of drug-likeness (QED) is 0.758. The summed E-state index contributed by atoms with van der Waals surface area (Å²) in [6.07, 6.45) is 1.75. The van der Waals surface area contributed by atoms with Crippen molar-refractivity contribution in [1.82, 2.24) is 0 Å². The van der Waals surface area contributed by atoms with Gasteiger partial charge in [-0.1, -0.05) is 42.5 Å². The Kier molecular flexibility index (Phi) is 3.01. The van der Waals surface area contributed by atoms with Gasteiger partial charge in [0.1, 0.15) is 11.4 Å². The summed E-state index contributed by atoms with van der Waals surface area (Å²) in [7, 11) is 0. The molecule has 0 amide bonds. The average Bonchev–Trinajstić information content (AvgIpc) is 2.30. The molecule has 0 saturated carbocycles. The zero-order chi connectivity index (χ0) is 11.4. The first-order chi connectivity index (χ1) is 7.77. The lowest BCUT2D eigenvalue weighted by atomic mass is 10.2. The average molecular weight is 211 g/mol. The van der Waals surface area contributed by atoms with Crippen molar-refractivity contribution >= 4 is 11.9 Å². The lowest BCUT2D eigenvalue weighted by Crippen LogP contribution is -1.80. The molecule has 0 heterocycles. The lowest BCUT2D eigenvalue weighted by molar-refractivity contribution is 0.476.